The summed E-state index contributed by atoms with van der Waals surface area (Å²) in [7, 11) is 1.48. The molecule has 0 radical (unpaired) electrons. The highest BCUT2D eigenvalue weighted by atomic mass is 35.5. The van der Waals surface area contributed by atoms with Crippen LogP contribution in [0.2, 0.25) is 5.02 Å². The van der Waals surface area contributed by atoms with Gasteiger partial charge in [-0.2, -0.15) is 0 Å². The summed E-state index contributed by atoms with van der Waals surface area (Å²) in [5, 5.41) is 5.41. The Morgan fingerprint density at radius 3 is 2.41 bits per heavy atom. The Balaban J connectivity index is 1.91. The van der Waals surface area contributed by atoms with Crippen LogP contribution in [0.1, 0.15) is 21.5 Å². The van der Waals surface area contributed by atoms with Crippen molar-refractivity contribution in [3.05, 3.63) is 94.5 Å². The van der Waals surface area contributed by atoms with Crippen molar-refractivity contribution < 1.29 is 22.7 Å². The fourth-order valence-electron chi connectivity index (χ4n) is 3.09. The van der Waals surface area contributed by atoms with Crippen molar-refractivity contribution in [2.75, 3.05) is 25.6 Å². The number of methoxy groups -OCH3 is 1. The summed E-state index contributed by atoms with van der Waals surface area (Å²) < 4.78 is 45.6. The van der Waals surface area contributed by atoms with Gasteiger partial charge < -0.3 is 15.4 Å². The summed E-state index contributed by atoms with van der Waals surface area (Å²) in [5.41, 5.74) is 1.91. The van der Waals surface area contributed by atoms with Crippen molar-refractivity contribution in [1.29, 1.82) is 0 Å². The molecule has 0 fully saturated rings. The third kappa shape index (κ3) is 5.06. The highest BCUT2D eigenvalue weighted by Crippen LogP contribution is 2.36. The number of hydrogen-bond donors (Lipinski definition) is 2. The van der Waals surface area contributed by atoms with Crippen LogP contribution in [0.15, 0.2) is 61.2 Å². The van der Waals surface area contributed by atoms with Gasteiger partial charge in [0.2, 0.25) is 0 Å². The van der Waals surface area contributed by atoms with Crippen LogP contribution in [0.25, 0.3) is 5.57 Å². The third-order valence-corrected chi connectivity index (χ3v) is 5.01. The smallest absolute Gasteiger partial charge is 0.251 e. The summed E-state index contributed by atoms with van der Waals surface area (Å²) in [6, 6.07) is 13.1. The lowest BCUT2D eigenvalue weighted by Gasteiger charge is -2.16. The van der Waals surface area contributed by atoms with Gasteiger partial charge in [-0.1, -0.05) is 30.3 Å². The number of amides is 1. The van der Waals surface area contributed by atoms with Crippen LogP contribution in [0.3, 0.4) is 0 Å². The van der Waals surface area contributed by atoms with Gasteiger partial charge in [0.15, 0.2) is 0 Å². The standard InChI is InChI=1S/C24H20ClF3N2O2/c1-14(18-12-15(6-9-22(18)32-2)24(31)29-11-10-26)17-8-7-16(13-19(17)25)30-23-20(27)4-3-5-21(23)28/h3-9,12-13,30H,1,10-11H2,2H3,(H,29,31). The van der Waals surface area contributed by atoms with Gasteiger partial charge in [0.1, 0.15) is 29.7 Å². The molecule has 0 saturated heterocycles. The Bertz CT molecular complexity index is 1150. The Morgan fingerprint density at radius 2 is 1.78 bits per heavy atom. The molecule has 32 heavy (non-hydrogen) atoms. The zero-order valence-electron chi connectivity index (χ0n) is 17.1. The van der Waals surface area contributed by atoms with Crippen molar-refractivity contribution in [2.24, 2.45) is 0 Å². The normalized spacial score (nSPS) is 10.5. The molecule has 8 heteroatoms. The maximum atomic E-state index is 13.9. The number of ether oxygens (including phenoxy) is 1. The molecule has 0 aliphatic rings. The monoisotopic (exact) mass is 460 g/mol. The molecule has 0 heterocycles. The van der Waals surface area contributed by atoms with Crippen LogP contribution in [-0.2, 0) is 0 Å². The second kappa shape index (κ2) is 10.2. The molecule has 1 amide bonds. The van der Waals surface area contributed by atoms with E-state index >= 15 is 0 Å². The lowest BCUT2D eigenvalue weighted by molar-refractivity contribution is 0.0950. The number of rotatable bonds is 8. The van der Waals surface area contributed by atoms with Gasteiger partial charge in [-0.05, 0) is 48.0 Å². The minimum Gasteiger partial charge on any atom is -0.496 e. The highest BCUT2D eigenvalue weighted by molar-refractivity contribution is 6.33. The summed E-state index contributed by atoms with van der Waals surface area (Å²) >= 11 is 6.44. The van der Waals surface area contributed by atoms with E-state index in [-0.39, 0.29) is 17.3 Å². The number of anilines is 2. The molecule has 0 spiro atoms. The third-order valence-electron chi connectivity index (χ3n) is 4.69. The molecule has 3 aromatic rings. The average molecular weight is 461 g/mol. The maximum absolute atomic E-state index is 13.9. The second-order valence-electron chi connectivity index (χ2n) is 6.75. The topological polar surface area (TPSA) is 50.4 Å². The van der Waals surface area contributed by atoms with Crippen molar-refractivity contribution in [2.45, 2.75) is 0 Å². The number of carbonyl (C=O) groups is 1. The molecule has 0 aliphatic heterocycles. The van der Waals surface area contributed by atoms with E-state index in [1.165, 1.54) is 19.2 Å². The summed E-state index contributed by atoms with van der Waals surface area (Å²) in [5.74, 6) is -1.44. The van der Waals surface area contributed by atoms with E-state index in [4.69, 9.17) is 16.3 Å². The molecule has 166 valence electrons. The number of nitrogens with one attached hydrogen (secondary N) is 2. The largest absolute Gasteiger partial charge is 0.496 e. The zero-order valence-corrected chi connectivity index (χ0v) is 17.9. The SMILES string of the molecule is C=C(c1ccc(Nc2c(F)cccc2F)cc1Cl)c1cc(C(=O)NCCF)ccc1OC. The number of hydrogen-bond acceptors (Lipinski definition) is 3. The van der Waals surface area contributed by atoms with E-state index in [1.54, 1.807) is 30.3 Å². The van der Waals surface area contributed by atoms with Crippen molar-refractivity contribution >= 4 is 34.5 Å². The fourth-order valence-corrected chi connectivity index (χ4v) is 3.39. The lowest BCUT2D eigenvalue weighted by atomic mass is 9.96. The van der Waals surface area contributed by atoms with Crippen molar-refractivity contribution in [3.63, 3.8) is 0 Å². The summed E-state index contributed by atoms with van der Waals surface area (Å²) in [6.07, 6.45) is 0. The molecule has 0 aliphatic carbocycles. The molecular weight excluding hydrogens is 441 g/mol. The van der Waals surface area contributed by atoms with E-state index in [1.807, 2.05) is 0 Å². The first-order chi connectivity index (χ1) is 15.3. The predicted octanol–water partition coefficient (Wildman–Crippen LogP) is 6.13. The van der Waals surface area contributed by atoms with Crippen LogP contribution in [-0.4, -0.2) is 26.2 Å². The van der Waals surface area contributed by atoms with Gasteiger partial charge in [-0.15, -0.1) is 0 Å². The first-order valence-corrected chi connectivity index (χ1v) is 9.96. The van der Waals surface area contributed by atoms with Gasteiger partial charge in [0, 0.05) is 28.9 Å². The van der Waals surface area contributed by atoms with Gasteiger partial charge in [-0.25, -0.2) is 13.2 Å². The van der Waals surface area contributed by atoms with E-state index in [2.05, 4.69) is 17.2 Å². The summed E-state index contributed by atoms with van der Waals surface area (Å²) in [6.45, 7) is 3.31. The molecule has 3 aromatic carbocycles. The maximum Gasteiger partial charge on any atom is 0.251 e. The summed E-state index contributed by atoms with van der Waals surface area (Å²) in [4.78, 5) is 12.2. The van der Waals surface area contributed by atoms with E-state index < -0.39 is 24.2 Å². The van der Waals surface area contributed by atoms with Crippen LogP contribution in [0, 0.1) is 11.6 Å². The van der Waals surface area contributed by atoms with E-state index in [9.17, 15) is 18.0 Å². The average Bonchev–Trinajstić information content (AvgIpc) is 2.79. The van der Waals surface area contributed by atoms with Gasteiger partial charge >= 0.3 is 0 Å². The van der Waals surface area contributed by atoms with Gasteiger partial charge in [0.25, 0.3) is 5.91 Å². The number of benzene rings is 3. The van der Waals surface area contributed by atoms with Crippen molar-refractivity contribution in [1.82, 2.24) is 5.32 Å². The lowest BCUT2D eigenvalue weighted by Crippen LogP contribution is -2.25. The van der Waals surface area contributed by atoms with Crippen LogP contribution in [0.4, 0.5) is 24.5 Å². The quantitative estimate of drug-likeness (QED) is 0.425. The van der Waals surface area contributed by atoms with Crippen molar-refractivity contribution in [3.8, 4) is 5.75 Å². The molecular formula is C24H20ClF3N2O2. The van der Waals surface area contributed by atoms with Gasteiger partial charge in [-0.3, -0.25) is 4.79 Å². The second-order valence-corrected chi connectivity index (χ2v) is 7.16. The molecule has 0 aromatic heterocycles. The highest BCUT2D eigenvalue weighted by Gasteiger charge is 2.16. The van der Waals surface area contributed by atoms with E-state index in [0.717, 1.165) is 12.1 Å². The molecule has 0 saturated carbocycles. The van der Waals surface area contributed by atoms with Gasteiger partial charge in [0.05, 0.1) is 12.1 Å². The van der Waals surface area contributed by atoms with Crippen LogP contribution >= 0.6 is 11.6 Å². The Kier molecular flexibility index (Phi) is 7.43. The number of para-hydroxylation sites is 1. The molecule has 0 bridgehead atoms. The Hall–Kier alpha value is -3.45. The molecule has 0 atom stereocenters. The molecule has 3 rings (SSSR count). The first kappa shape index (κ1) is 23.2. The molecule has 2 N–H and O–H groups in total. The minimum absolute atomic E-state index is 0.0932. The predicted molar refractivity (Wildman–Crippen MR) is 121 cm³/mol. The number of carbonyl (C=O) groups excluding carboxylic acids is 1. The first-order valence-electron chi connectivity index (χ1n) is 9.58. The number of alkyl halides is 1. The number of halogens is 4. The zero-order chi connectivity index (χ0) is 23.3. The Labute approximate surface area is 188 Å². The molecule has 4 nitrogen and oxygen atoms in total. The van der Waals surface area contributed by atoms with E-state index in [0.29, 0.717) is 33.7 Å². The minimum atomic E-state index is -0.734. The van der Waals surface area contributed by atoms with Crippen LogP contribution < -0.4 is 15.4 Å². The Morgan fingerprint density at radius 1 is 1.06 bits per heavy atom. The fraction of sp³-hybridized carbons (Fsp3) is 0.125. The molecule has 0 unspecified atom stereocenters. The van der Waals surface area contributed by atoms with Crippen LogP contribution in [0.5, 0.6) is 5.75 Å².